The standard InChI is InChI=1S/C22H27NO3S/c1-22(2,3)20-8-4-5-9-21(20)27(25,26)23-19-14-17-11-10-16(7-6-12-24)13-18(17)15-19/h4-11,13,19,23-24H,12,14-15H2,1-3H3. The van der Waals surface area contributed by atoms with E-state index in [4.69, 9.17) is 5.11 Å². The summed E-state index contributed by atoms with van der Waals surface area (Å²) in [6, 6.07) is 13.2. The lowest BCUT2D eigenvalue weighted by Crippen LogP contribution is -2.36. The molecule has 2 aromatic carbocycles. The van der Waals surface area contributed by atoms with Gasteiger partial charge in [-0.15, -0.1) is 0 Å². The van der Waals surface area contributed by atoms with Crippen LogP contribution in [0.4, 0.5) is 0 Å². The van der Waals surface area contributed by atoms with Crippen molar-refractivity contribution in [3.8, 4) is 0 Å². The molecule has 0 heterocycles. The number of rotatable bonds is 5. The Kier molecular flexibility index (Phi) is 5.56. The smallest absolute Gasteiger partial charge is 0.241 e. The van der Waals surface area contributed by atoms with Gasteiger partial charge < -0.3 is 5.11 Å². The zero-order valence-electron chi connectivity index (χ0n) is 16.1. The first-order valence-electron chi connectivity index (χ1n) is 9.22. The van der Waals surface area contributed by atoms with Crippen LogP contribution in [0.3, 0.4) is 0 Å². The first-order valence-corrected chi connectivity index (χ1v) is 10.7. The van der Waals surface area contributed by atoms with Crippen LogP contribution in [0.5, 0.6) is 0 Å². The van der Waals surface area contributed by atoms with Crippen molar-refractivity contribution in [3.63, 3.8) is 0 Å². The summed E-state index contributed by atoms with van der Waals surface area (Å²) in [6.07, 6.45) is 4.93. The van der Waals surface area contributed by atoms with Crippen molar-refractivity contribution in [2.45, 2.75) is 50.0 Å². The van der Waals surface area contributed by atoms with Gasteiger partial charge in [-0.05, 0) is 46.6 Å². The number of benzene rings is 2. The SMILES string of the molecule is CC(C)(C)c1ccccc1S(=O)(=O)NC1Cc2ccc(C=CCO)cc2C1. The fourth-order valence-electron chi connectivity index (χ4n) is 3.62. The molecule has 5 heteroatoms. The highest BCUT2D eigenvalue weighted by Crippen LogP contribution is 2.30. The zero-order chi connectivity index (χ0) is 19.7. The molecule has 1 aliphatic carbocycles. The van der Waals surface area contributed by atoms with Gasteiger partial charge in [-0.3, -0.25) is 0 Å². The topological polar surface area (TPSA) is 66.4 Å². The van der Waals surface area contributed by atoms with E-state index in [-0.39, 0.29) is 18.1 Å². The van der Waals surface area contributed by atoms with E-state index in [9.17, 15) is 8.42 Å². The highest BCUT2D eigenvalue weighted by atomic mass is 32.2. The van der Waals surface area contributed by atoms with Crippen LogP contribution < -0.4 is 4.72 Å². The molecule has 0 saturated heterocycles. The Hall–Kier alpha value is -1.95. The molecule has 0 saturated carbocycles. The van der Waals surface area contributed by atoms with Crippen LogP contribution in [0.1, 0.15) is 43.0 Å². The quantitative estimate of drug-likeness (QED) is 0.829. The normalized spacial score (nSPS) is 17.4. The van der Waals surface area contributed by atoms with Crippen molar-refractivity contribution >= 4 is 16.1 Å². The van der Waals surface area contributed by atoms with Gasteiger partial charge in [-0.1, -0.05) is 69.3 Å². The Morgan fingerprint density at radius 1 is 1.11 bits per heavy atom. The lowest BCUT2D eigenvalue weighted by Gasteiger charge is -2.23. The first-order chi connectivity index (χ1) is 12.7. The van der Waals surface area contributed by atoms with E-state index < -0.39 is 10.0 Å². The van der Waals surface area contributed by atoms with Crippen molar-refractivity contribution in [2.24, 2.45) is 0 Å². The second-order valence-electron chi connectivity index (χ2n) is 8.09. The summed E-state index contributed by atoms with van der Waals surface area (Å²) in [7, 11) is -3.60. The Bertz CT molecular complexity index is 956. The van der Waals surface area contributed by atoms with E-state index in [1.54, 1.807) is 18.2 Å². The Morgan fingerprint density at radius 3 is 2.52 bits per heavy atom. The highest BCUT2D eigenvalue weighted by Gasteiger charge is 2.30. The largest absolute Gasteiger partial charge is 0.392 e. The van der Waals surface area contributed by atoms with Crippen LogP contribution in [-0.2, 0) is 28.3 Å². The molecule has 0 radical (unpaired) electrons. The summed E-state index contributed by atoms with van der Waals surface area (Å²) < 4.78 is 29.0. The van der Waals surface area contributed by atoms with E-state index in [2.05, 4.69) is 10.8 Å². The number of aliphatic hydroxyl groups is 1. The number of hydrogen-bond acceptors (Lipinski definition) is 3. The van der Waals surface area contributed by atoms with Crippen molar-refractivity contribution in [2.75, 3.05) is 6.61 Å². The van der Waals surface area contributed by atoms with Crippen LogP contribution in [0.15, 0.2) is 53.4 Å². The minimum Gasteiger partial charge on any atom is -0.392 e. The molecule has 0 fully saturated rings. The molecular weight excluding hydrogens is 358 g/mol. The van der Waals surface area contributed by atoms with Gasteiger partial charge in [0.25, 0.3) is 0 Å². The summed E-state index contributed by atoms with van der Waals surface area (Å²) >= 11 is 0. The first kappa shape index (κ1) is 19.8. The van der Waals surface area contributed by atoms with Gasteiger partial charge in [0.05, 0.1) is 11.5 Å². The Labute approximate surface area is 162 Å². The average Bonchev–Trinajstić information content (AvgIpc) is 2.99. The molecular formula is C22H27NO3S. The average molecular weight is 386 g/mol. The van der Waals surface area contributed by atoms with Crippen molar-refractivity contribution in [3.05, 3.63) is 70.8 Å². The number of aliphatic hydroxyl groups excluding tert-OH is 1. The molecule has 0 aliphatic heterocycles. The molecule has 1 atom stereocenters. The van der Waals surface area contributed by atoms with Gasteiger partial charge in [0.2, 0.25) is 10.0 Å². The summed E-state index contributed by atoms with van der Waals surface area (Å²) in [5.74, 6) is 0. The van der Waals surface area contributed by atoms with Gasteiger partial charge >= 0.3 is 0 Å². The third-order valence-corrected chi connectivity index (χ3v) is 6.46. The Morgan fingerprint density at radius 2 is 1.81 bits per heavy atom. The molecule has 2 aromatic rings. The molecule has 27 heavy (non-hydrogen) atoms. The van der Waals surface area contributed by atoms with Crippen LogP contribution in [0, 0.1) is 0 Å². The summed E-state index contributed by atoms with van der Waals surface area (Å²) in [5.41, 5.74) is 3.92. The van der Waals surface area contributed by atoms with E-state index in [0.29, 0.717) is 17.7 Å². The third kappa shape index (κ3) is 4.49. The maximum atomic E-state index is 13.1. The number of sulfonamides is 1. The molecule has 0 amide bonds. The second kappa shape index (κ2) is 7.58. The summed E-state index contributed by atoms with van der Waals surface area (Å²) in [5, 5.41) is 8.91. The minimum absolute atomic E-state index is 0.00664. The van der Waals surface area contributed by atoms with Gasteiger partial charge in [0, 0.05) is 6.04 Å². The fourth-order valence-corrected chi connectivity index (χ4v) is 5.27. The number of hydrogen-bond donors (Lipinski definition) is 2. The van der Waals surface area contributed by atoms with Gasteiger partial charge in [0.15, 0.2) is 0 Å². The molecule has 1 aliphatic rings. The lowest BCUT2D eigenvalue weighted by molar-refractivity contribution is 0.343. The van der Waals surface area contributed by atoms with Crippen molar-refractivity contribution in [1.29, 1.82) is 0 Å². The van der Waals surface area contributed by atoms with Crippen LogP contribution in [0.25, 0.3) is 6.08 Å². The van der Waals surface area contributed by atoms with E-state index in [0.717, 1.165) is 16.7 Å². The molecule has 2 N–H and O–H groups in total. The van der Waals surface area contributed by atoms with E-state index in [1.165, 1.54) is 5.56 Å². The molecule has 0 bridgehead atoms. The van der Waals surface area contributed by atoms with Gasteiger partial charge in [-0.25, -0.2) is 13.1 Å². The highest BCUT2D eigenvalue weighted by molar-refractivity contribution is 7.89. The van der Waals surface area contributed by atoms with Crippen LogP contribution >= 0.6 is 0 Å². The maximum absolute atomic E-state index is 13.1. The lowest BCUT2D eigenvalue weighted by atomic mass is 9.87. The third-order valence-electron chi connectivity index (χ3n) is 4.89. The maximum Gasteiger partial charge on any atom is 0.241 e. The molecule has 144 valence electrons. The molecule has 0 aromatic heterocycles. The van der Waals surface area contributed by atoms with Crippen molar-refractivity contribution < 1.29 is 13.5 Å². The fraction of sp³-hybridized carbons (Fsp3) is 0.364. The van der Waals surface area contributed by atoms with E-state index in [1.807, 2.05) is 51.1 Å². The van der Waals surface area contributed by atoms with Crippen LogP contribution in [0.2, 0.25) is 0 Å². The molecule has 4 nitrogen and oxygen atoms in total. The van der Waals surface area contributed by atoms with E-state index >= 15 is 0 Å². The predicted octanol–water partition coefficient (Wildman–Crippen LogP) is 3.44. The van der Waals surface area contributed by atoms with Gasteiger partial charge in [0.1, 0.15) is 0 Å². The van der Waals surface area contributed by atoms with Crippen molar-refractivity contribution in [1.82, 2.24) is 4.72 Å². The zero-order valence-corrected chi connectivity index (χ0v) is 16.9. The predicted molar refractivity (Wildman–Crippen MR) is 109 cm³/mol. The molecule has 1 unspecified atom stereocenters. The number of fused-ring (bicyclic) bond motifs is 1. The minimum atomic E-state index is -3.60. The number of nitrogens with one attached hydrogen (secondary N) is 1. The Balaban J connectivity index is 1.81. The summed E-state index contributed by atoms with van der Waals surface area (Å²) in [4.78, 5) is 0.361. The van der Waals surface area contributed by atoms with Crippen LogP contribution in [-0.4, -0.2) is 26.2 Å². The monoisotopic (exact) mass is 385 g/mol. The second-order valence-corrected chi connectivity index (χ2v) is 9.77. The molecule has 0 spiro atoms. The molecule has 3 rings (SSSR count). The summed E-state index contributed by atoms with van der Waals surface area (Å²) in [6.45, 7) is 6.07. The van der Waals surface area contributed by atoms with Gasteiger partial charge in [-0.2, -0.15) is 0 Å².